The van der Waals surface area contributed by atoms with E-state index in [-0.39, 0.29) is 5.91 Å². The Kier molecular flexibility index (Phi) is 3.96. The Morgan fingerprint density at radius 1 is 1.58 bits per heavy atom. The molecule has 3 N–H and O–H groups in total. The lowest BCUT2D eigenvalue weighted by Gasteiger charge is -2.18. The van der Waals surface area contributed by atoms with Gasteiger partial charge >= 0.3 is 0 Å². The van der Waals surface area contributed by atoms with Gasteiger partial charge in [-0.05, 0) is 25.3 Å². The number of nitrogens with one attached hydrogen (secondary N) is 1. The van der Waals surface area contributed by atoms with E-state index in [9.17, 15) is 4.79 Å². The van der Waals surface area contributed by atoms with E-state index in [4.69, 9.17) is 5.73 Å². The van der Waals surface area contributed by atoms with E-state index in [0.717, 1.165) is 0 Å². The van der Waals surface area contributed by atoms with Crippen LogP contribution >= 0.6 is 11.3 Å². The molecule has 1 amide bonds. The highest BCUT2D eigenvalue weighted by atomic mass is 32.1. The molecule has 102 valence electrons. The van der Waals surface area contributed by atoms with Gasteiger partial charge in [-0.1, -0.05) is 11.3 Å². The average molecular weight is 279 g/mol. The van der Waals surface area contributed by atoms with Gasteiger partial charge in [0, 0.05) is 17.0 Å². The number of aromatic nitrogens is 3. The van der Waals surface area contributed by atoms with Crippen molar-refractivity contribution < 1.29 is 4.79 Å². The molecule has 0 aliphatic carbocycles. The summed E-state index contributed by atoms with van der Waals surface area (Å²) in [4.78, 5) is 13.0. The topological polar surface area (TPSA) is 85.8 Å². The van der Waals surface area contributed by atoms with Gasteiger partial charge < -0.3 is 11.1 Å². The van der Waals surface area contributed by atoms with Crippen LogP contribution in [0.3, 0.4) is 0 Å². The van der Waals surface area contributed by atoms with Gasteiger partial charge in [0.05, 0.1) is 12.7 Å². The molecule has 0 radical (unpaired) electrons. The Hall–Kier alpha value is -1.73. The monoisotopic (exact) mass is 279 g/mol. The van der Waals surface area contributed by atoms with Crippen LogP contribution in [0.15, 0.2) is 23.7 Å². The molecule has 19 heavy (non-hydrogen) atoms. The summed E-state index contributed by atoms with van der Waals surface area (Å²) in [5.74, 6) is -0.254. The van der Waals surface area contributed by atoms with Crippen molar-refractivity contribution in [2.24, 2.45) is 5.73 Å². The maximum atomic E-state index is 11.8. The minimum absolute atomic E-state index is 0.254. The summed E-state index contributed by atoms with van der Waals surface area (Å²) in [6.07, 6.45) is 1.64. The summed E-state index contributed by atoms with van der Waals surface area (Å²) in [5, 5.41) is 12.5. The van der Waals surface area contributed by atoms with Gasteiger partial charge in [-0.15, -0.1) is 16.4 Å². The van der Waals surface area contributed by atoms with Crippen LogP contribution in [-0.2, 0) is 6.54 Å². The molecule has 0 fully saturated rings. The van der Waals surface area contributed by atoms with E-state index < -0.39 is 5.54 Å². The van der Waals surface area contributed by atoms with E-state index in [2.05, 4.69) is 15.6 Å². The zero-order valence-corrected chi connectivity index (χ0v) is 11.8. The fourth-order valence-corrected chi connectivity index (χ4v) is 2.14. The van der Waals surface area contributed by atoms with Gasteiger partial charge in [-0.25, -0.2) is 4.68 Å². The van der Waals surface area contributed by atoms with Crippen LogP contribution in [-0.4, -0.2) is 33.0 Å². The molecule has 2 aromatic rings. The van der Waals surface area contributed by atoms with Crippen LogP contribution in [0, 0.1) is 0 Å². The molecule has 2 rings (SSSR count). The van der Waals surface area contributed by atoms with Crippen molar-refractivity contribution in [1.82, 2.24) is 20.3 Å². The van der Waals surface area contributed by atoms with Gasteiger partial charge in [-0.2, -0.15) is 0 Å². The molecule has 2 heterocycles. The number of nitrogens with two attached hydrogens (primary N) is 1. The molecule has 0 saturated heterocycles. The smallest absolute Gasteiger partial charge is 0.273 e. The second-order valence-corrected chi connectivity index (χ2v) is 6.08. The van der Waals surface area contributed by atoms with Crippen LogP contribution in [0.1, 0.15) is 29.2 Å². The van der Waals surface area contributed by atoms with Gasteiger partial charge in [0.15, 0.2) is 5.69 Å². The SMILES string of the molecule is CC(C)(N)CNC(=O)c1cn(Cc2cccs2)nn1. The fraction of sp³-hybridized carbons (Fsp3) is 0.417. The zero-order chi connectivity index (χ0) is 13.9. The third-order valence-corrected chi connectivity index (χ3v) is 3.23. The molecule has 0 aliphatic heterocycles. The number of carbonyl (C=O) groups is 1. The van der Waals surface area contributed by atoms with Gasteiger partial charge in [0.1, 0.15) is 0 Å². The highest BCUT2D eigenvalue weighted by molar-refractivity contribution is 7.09. The molecule has 0 saturated carbocycles. The van der Waals surface area contributed by atoms with Crippen LogP contribution in [0.4, 0.5) is 0 Å². The minimum atomic E-state index is -0.442. The molecular weight excluding hydrogens is 262 g/mol. The van der Waals surface area contributed by atoms with Gasteiger partial charge in [0.2, 0.25) is 0 Å². The van der Waals surface area contributed by atoms with Crippen molar-refractivity contribution in [3.05, 3.63) is 34.3 Å². The summed E-state index contributed by atoms with van der Waals surface area (Å²) >= 11 is 1.64. The fourth-order valence-electron chi connectivity index (χ4n) is 1.44. The van der Waals surface area contributed by atoms with Crippen molar-refractivity contribution in [3.63, 3.8) is 0 Å². The van der Waals surface area contributed by atoms with Crippen LogP contribution in [0.5, 0.6) is 0 Å². The lowest BCUT2D eigenvalue weighted by atomic mass is 10.1. The number of nitrogens with zero attached hydrogens (tertiary/aromatic N) is 3. The van der Waals surface area contributed by atoms with E-state index in [1.807, 2.05) is 31.4 Å². The van der Waals surface area contributed by atoms with E-state index in [1.165, 1.54) is 4.88 Å². The number of carbonyl (C=O) groups excluding carboxylic acids is 1. The molecule has 6 nitrogen and oxygen atoms in total. The van der Waals surface area contributed by atoms with E-state index >= 15 is 0 Å². The normalized spacial score (nSPS) is 11.5. The number of hydrogen-bond donors (Lipinski definition) is 2. The molecule has 7 heteroatoms. The van der Waals surface area contributed by atoms with Gasteiger partial charge in [0.25, 0.3) is 5.91 Å². The maximum Gasteiger partial charge on any atom is 0.273 e. The first-order valence-corrected chi connectivity index (χ1v) is 6.81. The predicted octanol–water partition coefficient (Wildman–Crippen LogP) is 0.855. The largest absolute Gasteiger partial charge is 0.349 e. The number of rotatable bonds is 5. The molecule has 0 aliphatic rings. The minimum Gasteiger partial charge on any atom is -0.349 e. The quantitative estimate of drug-likeness (QED) is 0.850. The van der Waals surface area contributed by atoms with Crippen molar-refractivity contribution in [1.29, 1.82) is 0 Å². The van der Waals surface area contributed by atoms with Crippen molar-refractivity contribution in [2.75, 3.05) is 6.54 Å². The predicted molar refractivity (Wildman–Crippen MR) is 74.0 cm³/mol. The average Bonchev–Trinajstić information content (AvgIpc) is 2.97. The Morgan fingerprint density at radius 3 is 3.00 bits per heavy atom. The van der Waals surface area contributed by atoms with E-state index in [0.29, 0.717) is 18.8 Å². The number of amides is 1. The highest BCUT2D eigenvalue weighted by Gasteiger charge is 2.15. The zero-order valence-electron chi connectivity index (χ0n) is 11.0. The Morgan fingerprint density at radius 2 is 2.37 bits per heavy atom. The molecule has 2 aromatic heterocycles. The number of hydrogen-bond acceptors (Lipinski definition) is 5. The Bertz CT molecular complexity index is 541. The Balaban J connectivity index is 1.95. The molecule has 0 unspecified atom stereocenters. The molecule has 0 aromatic carbocycles. The lowest BCUT2D eigenvalue weighted by Crippen LogP contribution is -2.45. The summed E-state index contributed by atoms with van der Waals surface area (Å²) in [5.41, 5.74) is 5.67. The number of thiophene rings is 1. The second-order valence-electron chi connectivity index (χ2n) is 5.05. The van der Waals surface area contributed by atoms with Crippen LogP contribution < -0.4 is 11.1 Å². The first kappa shape index (κ1) is 13.7. The van der Waals surface area contributed by atoms with Crippen molar-refractivity contribution in [2.45, 2.75) is 25.9 Å². The second kappa shape index (κ2) is 5.50. The third kappa shape index (κ3) is 4.15. The summed E-state index contributed by atoms with van der Waals surface area (Å²) in [7, 11) is 0. The Labute approximate surface area is 115 Å². The van der Waals surface area contributed by atoms with Crippen LogP contribution in [0.25, 0.3) is 0 Å². The van der Waals surface area contributed by atoms with Crippen LogP contribution in [0.2, 0.25) is 0 Å². The standard InChI is InChI=1S/C12H17N5OS/c1-12(2,13)8-14-11(18)10-7-17(16-15-10)6-9-4-3-5-19-9/h3-5,7H,6,8,13H2,1-2H3,(H,14,18). The third-order valence-electron chi connectivity index (χ3n) is 2.37. The summed E-state index contributed by atoms with van der Waals surface area (Å²) < 4.78 is 1.65. The molecule has 0 atom stereocenters. The van der Waals surface area contributed by atoms with E-state index in [1.54, 1.807) is 22.2 Å². The summed E-state index contributed by atoms with van der Waals surface area (Å²) in [6, 6.07) is 4.00. The van der Waals surface area contributed by atoms with Gasteiger partial charge in [-0.3, -0.25) is 4.79 Å². The molecule has 0 bridgehead atoms. The maximum absolute atomic E-state index is 11.8. The first-order valence-electron chi connectivity index (χ1n) is 5.94. The highest BCUT2D eigenvalue weighted by Crippen LogP contribution is 2.09. The molecular formula is C12H17N5OS. The molecule has 0 spiro atoms. The van der Waals surface area contributed by atoms with Crippen molar-refractivity contribution >= 4 is 17.2 Å². The van der Waals surface area contributed by atoms with Crippen molar-refractivity contribution in [3.8, 4) is 0 Å². The lowest BCUT2D eigenvalue weighted by molar-refractivity contribution is 0.0941. The first-order chi connectivity index (χ1) is 8.94. The summed E-state index contributed by atoms with van der Waals surface area (Å²) in [6.45, 7) is 4.71.